The number of hydrogen-bond donors (Lipinski definition) is 3. The number of amides is 1. The van der Waals surface area contributed by atoms with Crippen LogP contribution < -0.4 is 11.1 Å². The molecule has 3 heterocycles. The van der Waals surface area contributed by atoms with Gasteiger partial charge in [0.25, 0.3) is 5.91 Å². The maximum atomic E-state index is 13.6. The molecule has 0 spiro atoms. The summed E-state index contributed by atoms with van der Waals surface area (Å²) in [6.07, 6.45) is 6.10. The fraction of sp³-hybridized carbons (Fsp3) is 0.333. The van der Waals surface area contributed by atoms with Crippen molar-refractivity contribution in [2.75, 3.05) is 6.54 Å². The molecule has 3 aromatic heterocycles. The van der Waals surface area contributed by atoms with Crippen LogP contribution in [0.5, 0.6) is 0 Å². The Morgan fingerprint density at radius 1 is 1.40 bits per heavy atom. The van der Waals surface area contributed by atoms with E-state index in [0.29, 0.717) is 46.1 Å². The summed E-state index contributed by atoms with van der Waals surface area (Å²) in [7, 11) is 1.75. The number of carbonyl (C=O) groups is 1. The maximum Gasteiger partial charge on any atom is 0.255 e. The van der Waals surface area contributed by atoms with E-state index in [-0.39, 0.29) is 17.8 Å². The molecule has 1 saturated carbocycles. The maximum absolute atomic E-state index is 13.6. The SMILES string of the molecule is Cn1nc(-c2cnc3[nH]cc(C(=O)N[C@H]4CC[C@@H](CN)C4)c3n2)c2ccc(F)cc21. The molecule has 0 radical (unpaired) electrons. The topological polar surface area (TPSA) is 115 Å². The van der Waals surface area contributed by atoms with Gasteiger partial charge < -0.3 is 16.0 Å². The van der Waals surface area contributed by atoms with Gasteiger partial charge in [0.1, 0.15) is 22.7 Å². The first-order chi connectivity index (χ1) is 14.5. The van der Waals surface area contributed by atoms with Crippen LogP contribution in [-0.2, 0) is 7.05 Å². The van der Waals surface area contributed by atoms with Crippen LogP contribution in [0.2, 0.25) is 0 Å². The summed E-state index contributed by atoms with van der Waals surface area (Å²) in [5.74, 6) is -0.0396. The number of nitrogens with one attached hydrogen (secondary N) is 2. The quantitative estimate of drug-likeness (QED) is 0.481. The summed E-state index contributed by atoms with van der Waals surface area (Å²) < 4.78 is 15.2. The first-order valence-corrected chi connectivity index (χ1v) is 10.0. The van der Waals surface area contributed by atoms with E-state index in [4.69, 9.17) is 5.73 Å². The van der Waals surface area contributed by atoms with Crippen molar-refractivity contribution in [1.82, 2.24) is 30.0 Å². The van der Waals surface area contributed by atoms with Crippen LogP contribution in [0.1, 0.15) is 29.6 Å². The van der Waals surface area contributed by atoms with Crippen molar-refractivity contribution < 1.29 is 9.18 Å². The molecular weight excluding hydrogens is 385 g/mol. The molecule has 1 amide bonds. The highest BCUT2D eigenvalue weighted by atomic mass is 19.1. The monoisotopic (exact) mass is 407 g/mol. The number of fused-ring (bicyclic) bond motifs is 2. The number of hydrogen-bond acceptors (Lipinski definition) is 5. The zero-order valence-corrected chi connectivity index (χ0v) is 16.5. The predicted molar refractivity (Wildman–Crippen MR) is 111 cm³/mol. The molecule has 4 aromatic rings. The number of H-pyrrole nitrogens is 1. The number of rotatable bonds is 4. The van der Waals surface area contributed by atoms with Crippen LogP contribution in [0.3, 0.4) is 0 Å². The van der Waals surface area contributed by atoms with E-state index < -0.39 is 0 Å². The van der Waals surface area contributed by atoms with E-state index in [1.807, 2.05) is 0 Å². The summed E-state index contributed by atoms with van der Waals surface area (Å²) in [6, 6.07) is 4.63. The summed E-state index contributed by atoms with van der Waals surface area (Å²) in [6.45, 7) is 0.649. The van der Waals surface area contributed by atoms with Gasteiger partial charge in [-0.3, -0.25) is 9.48 Å². The van der Waals surface area contributed by atoms with Crippen LogP contribution in [0, 0.1) is 11.7 Å². The molecule has 0 bridgehead atoms. The molecule has 1 aliphatic rings. The van der Waals surface area contributed by atoms with Crippen LogP contribution in [0.25, 0.3) is 33.5 Å². The Labute approximate surface area is 171 Å². The van der Waals surface area contributed by atoms with Crippen molar-refractivity contribution in [2.24, 2.45) is 18.7 Å². The molecule has 154 valence electrons. The second-order valence-electron chi connectivity index (χ2n) is 7.87. The number of aryl methyl sites for hydroxylation is 1. The molecule has 2 atom stereocenters. The van der Waals surface area contributed by atoms with Crippen molar-refractivity contribution in [1.29, 1.82) is 0 Å². The van der Waals surface area contributed by atoms with E-state index in [9.17, 15) is 9.18 Å². The average molecular weight is 407 g/mol. The molecule has 30 heavy (non-hydrogen) atoms. The third-order valence-electron chi connectivity index (χ3n) is 5.89. The number of nitrogens with two attached hydrogens (primary N) is 1. The number of carbonyl (C=O) groups excluding carboxylic acids is 1. The lowest BCUT2D eigenvalue weighted by Gasteiger charge is -2.12. The standard InChI is InChI=1S/C21H22FN7O/c1-29-17-7-12(22)3-5-14(17)18(28-29)16-10-25-20-19(27-16)15(9-24-20)21(30)26-13-4-2-11(6-13)8-23/h3,5,7,9-11,13H,2,4,6,8,23H2,1H3,(H,24,25)(H,26,30)/t11-,13+/m1/s1. The Kier molecular flexibility index (Phi) is 4.47. The highest BCUT2D eigenvalue weighted by Gasteiger charge is 2.26. The van der Waals surface area contributed by atoms with E-state index in [0.717, 1.165) is 24.6 Å². The van der Waals surface area contributed by atoms with Crippen molar-refractivity contribution in [3.8, 4) is 11.4 Å². The lowest BCUT2D eigenvalue weighted by Crippen LogP contribution is -2.33. The Bertz CT molecular complexity index is 1260. The third-order valence-corrected chi connectivity index (χ3v) is 5.89. The van der Waals surface area contributed by atoms with Crippen molar-refractivity contribution in [2.45, 2.75) is 25.3 Å². The van der Waals surface area contributed by atoms with Gasteiger partial charge in [0.15, 0.2) is 5.65 Å². The normalized spacial score (nSPS) is 19.0. The highest BCUT2D eigenvalue weighted by Crippen LogP contribution is 2.29. The Hall–Kier alpha value is -3.33. The van der Waals surface area contributed by atoms with Crippen molar-refractivity contribution in [3.63, 3.8) is 0 Å². The molecular formula is C21H22FN7O. The summed E-state index contributed by atoms with van der Waals surface area (Å²) in [5, 5.41) is 8.36. The van der Waals surface area contributed by atoms with Crippen molar-refractivity contribution >= 4 is 28.0 Å². The number of aromatic nitrogens is 5. The van der Waals surface area contributed by atoms with E-state index in [2.05, 4.69) is 25.4 Å². The minimum absolute atomic E-state index is 0.127. The Balaban J connectivity index is 1.50. The first kappa shape index (κ1) is 18.7. The first-order valence-electron chi connectivity index (χ1n) is 10.0. The molecule has 4 N–H and O–H groups in total. The molecule has 8 nitrogen and oxygen atoms in total. The fourth-order valence-corrected chi connectivity index (χ4v) is 4.28. The van der Waals surface area contributed by atoms with Crippen LogP contribution >= 0.6 is 0 Å². The van der Waals surface area contributed by atoms with Gasteiger partial charge in [-0.1, -0.05) is 0 Å². The summed E-state index contributed by atoms with van der Waals surface area (Å²) >= 11 is 0. The third kappa shape index (κ3) is 3.11. The minimum atomic E-state index is -0.327. The lowest BCUT2D eigenvalue weighted by molar-refractivity contribution is 0.0938. The molecule has 0 unspecified atom stereocenters. The van der Waals surface area contributed by atoms with Gasteiger partial charge in [0.2, 0.25) is 0 Å². The van der Waals surface area contributed by atoms with E-state index in [1.54, 1.807) is 30.2 Å². The molecule has 1 aliphatic carbocycles. The molecule has 9 heteroatoms. The lowest BCUT2D eigenvalue weighted by atomic mass is 10.1. The fourth-order valence-electron chi connectivity index (χ4n) is 4.28. The summed E-state index contributed by atoms with van der Waals surface area (Å²) in [5.41, 5.74) is 8.99. The number of benzene rings is 1. The average Bonchev–Trinajstić information content (AvgIpc) is 3.45. The molecule has 5 rings (SSSR count). The van der Waals surface area contributed by atoms with Crippen molar-refractivity contribution in [3.05, 3.63) is 42.0 Å². The van der Waals surface area contributed by atoms with Gasteiger partial charge in [-0.15, -0.1) is 0 Å². The number of halogens is 1. The van der Waals surface area contributed by atoms with E-state index >= 15 is 0 Å². The van der Waals surface area contributed by atoms with Crippen LogP contribution in [0.4, 0.5) is 4.39 Å². The molecule has 1 fully saturated rings. The van der Waals surface area contributed by atoms with E-state index in [1.165, 1.54) is 12.1 Å². The Morgan fingerprint density at radius 3 is 3.07 bits per heavy atom. The Morgan fingerprint density at radius 2 is 2.27 bits per heavy atom. The van der Waals surface area contributed by atoms with Gasteiger partial charge in [-0.05, 0) is 49.9 Å². The van der Waals surface area contributed by atoms with Gasteiger partial charge in [-0.25, -0.2) is 14.4 Å². The van der Waals surface area contributed by atoms with Gasteiger partial charge in [0, 0.05) is 24.7 Å². The molecule has 0 saturated heterocycles. The van der Waals surface area contributed by atoms with Gasteiger partial charge >= 0.3 is 0 Å². The second-order valence-corrected chi connectivity index (χ2v) is 7.87. The van der Waals surface area contributed by atoms with Crippen LogP contribution in [-0.4, -0.2) is 43.2 Å². The summed E-state index contributed by atoms with van der Waals surface area (Å²) in [4.78, 5) is 25.0. The minimum Gasteiger partial charge on any atom is -0.349 e. The molecule has 1 aromatic carbocycles. The van der Waals surface area contributed by atoms with Gasteiger partial charge in [-0.2, -0.15) is 5.10 Å². The largest absolute Gasteiger partial charge is 0.349 e. The number of nitrogens with zero attached hydrogens (tertiary/aromatic N) is 4. The highest BCUT2D eigenvalue weighted by molar-refractivity contribution is 6.05. The second kappa shape index (κ2) is 7.17. The number of aromatic amines is 1. The zero-order chi connectivity index (χ0) is 20.8. The van der Waals surface area contributed by atoms with Crippen LogP contribution in [0.15, 0.2) is 30.6 Å². The smallest absolute Gasteiger partial charge is 0.255 e. The molecule has 0 aliphatic heterocycles. The zero-order valence-electron chi connectivity index (χ0n) is 16.5. The predicted octanol–water partition coefficient (Wildman–Crippen LogP) is 2.51. The van der Waals surface area contributed by atoms with Gasteiger partial charge in [0.05, 0.1) is 17.3 Å².